The number of thiophene rings is 1. The molecule has 4 nitrogen and oxygen atoms in total. The minimum atomic E-state index is -0.290. The molecule has 2 bridgehead atoms. The van der Waals surface area contributed by atoms with E-state index in [1.807, 2.05) is 16.2 Å². The summed E-state index contributed by atoms with van der Waals surface area (Å²) in [6.45, 7) is 8.23. The fourth-order valence-electron chi connectivity index (χ4n) is 4.71. The highest BCUT2D eigenvalue weighted by Crippen LogP contribution is 2.44. The highest BCUT2D eigenvalue weighted by molar-refractivity contribution is 7.19. The van der Waals surface area contributed by atoms with Gasteiger partial charge < -0.3 is 4.74 Å². The molecule has 0 N–H and O–H groups in total. The molecule has 24 heavy (non-hydrogen) atoms. The average Bonchev–Trinajstić information content (AvgIpc) is 3.05. The van der Waals surface area contributed by atoms with E-state index in [1.165, 1.54) is 20.5 Å². The van der Waals surface area contributed by atoms with E-state index in [9.17, 15) is 4.79 Å². The lowest BCUT2D eigenvalue weighted by Gasteiger charge is -2.49. The van der Waals surface area contributed by atoms with Crippen LogP contribution in [-0.4, -0.2) is 42.8 Å². The van der Waals surface area contributed by atoms with Gasteiger partial charge in [0.2, 0.25) is 0 Å². The SMILES string of the molecule is Cc1sc2ccc(N3C[C@@]4(CN5CCC4CC5)OC3=O)cc2c1C. The van der Waals surface area contributed by atoms with Crippen molar-refractivity contribution in [3.05, 3.63) is 28.6 Å². The minimum Gasteiger partial charge on any atom is -0.439 e. The van der Waals surface area contributed by atoms with E-state index in [2.05, 4.69) is 36.9 Å². The molecule has 0 aliphatic carbocycles. The summed E-state index contributed by atoms with van der Waals surface area (Å²) in [5, 5.41) is 1.26. The molecular formula is C19H22N2O2S. The van der Waals surface area contributed by atoms with Gasteiger partial charge in [-0.15, -0.1) is 11.3 Å². The maximum absolute atomic E-state index is 12.6. The molecule has 6 rings (SSSR count). The number of piperidine rings is 3. The number of fused-ring (bicyclic) bond motifs is 3. The fourth-order valence-corrected chi connectivity index (χ4v) is 5.76. The van der Waals surface area contributed by atoms with Gasteiger partial charge in [0, 0.05) is 27.7 Å². The molecule has 4 fully saturated rings. The molecule has 1 aromatic heterocycles. The number of hydrogen-bond donors (Lipinski definition) is 0. The number of nitrogens with zero attached hydrogens (tertiary/aromatic N) is 2. The van der Waals surface area contributed by atoms with Crippen LogP contribution in [0.4, 0.5) is 10.5 Å². The third-order valence-electron chi connectivity index (χ3n) is 6.23. The van der Waals surface area contributed by atoms with E-state index in [0.29, 0.717) is 12.5 Å². The monoisotopic (exact) mass is 342 g/mol. The summed E-state index contributed by atoms with van der Waals surface area (Å²) >= 11 is 1.82. The van der Waals surface area contributed by atoms with Crippen molar-refractivity contribution < 1.29 is 9.53 Å². The van der Waals surface area contributed by atoms with Gasteiger partial charge >= 0.3 is 6.09 Å². The van der Waals surface area contributed by atoms with Crippen molar-refractivity contribution in [1.29, 1.82) is 0 Å². The molecule has 4 saturated heterocycles. The van der Waals surface area contributed by atoms with Crippen molar-refractivity contribution in [3.8, 4) is 0 Å². The zero-order chi connectivity index (χ0) is 16.5. The molecule has 1 aromatic carbocycles. The minimum absolute atomic E-state index is 0.173. The first kappa shape index (κ1) is 14.7. The number of carbonyl (C=O) groups is 1. The van der Waals surface area contributed by atoms with Gasteiger partial charge in [-0.05, 0) is 68.9 Å². The van der Waals surface area contributed by atoms with Crippen molar-refractivity contribution in [1.82, 2.24) is 4.90 Å². The summed E-state index contributed by atoms with van der Waals surface area (Å²) in [5.74, 6) is 0.519. The number of rotatable bonds is 1. The lowest BCUT2D eigenvalue weighted by molar-refractivity contribution is -0.0881. The Bertz CT molecular complexity index is 837. The van der Waals surface area contributed by atoms with Crippen molar-refractivity contribution in [3.63, 3.8) is 0 Å². The molecule has 1 spiro atoms. The van der Waals surface area contributed by atoms with Crippen LogP contribution in [0.3, 0.4) is 0 Å². The zero-order valence-corrected chi connectivity index (χ0v) is 15.0. The summed E-state index contributed by atoms with van der Waals surface area (Å²) in [5.41, 5.74) is 2.01. The summed E-state index contributed by atoms with van der Waals surface area (Å²) in [6, 6.07) is 6.37. The van der Waals surface area contributed by atoms with E-state index in [1.54, 1.807) is 0 Å². The third-order valence-corrected chi connectivity index (χ3v) is 7.42. The van der Waals surface area contributed by atoms with Crippen LogP contribution in [-0.2, 0) is 4.74 Å². The maximum atomic E-state index is 12.6. The summed E-state index contributed by atoms with van der Waals surface area (Å²) in [4.78, 5) is 18.3. The van der Waals surface area contributed by atoms with Gasteiger partial charge in [0.1, 0.15) is 5.60 Å². The van der Waals surface area contributed by atoms with Crippen LogP contribution in [0.1, 0.15) is 23.3 Å². The lowest BCUT2D eigenvalue weighted by atomic mass is 9.75. The standard InChI is InChI=1S/C19H22N2O2S/c1-12-13(2)24-17-4-3-15(9-16(12)17)21-11-19(23-18(21)22)10-20-7-5-14(19)6-8-20/h3-4,9,14H,5-8,10-11H2,1-2H3/t19-/m1/s1. The van der Waals surface area contributed by atoms with E-state index in [4.69, 9.17) is 4.74 Å². The molecule has 126 valence electrons. The fraction of sp³-hybridized carbons (Fsp3) is 0.526. The van der Waals surface area contributed by atoms with Crippen LogP contribution in [0.15, 0.2) is 18.2 Å². The maximum Gasteiger partial charge on any atom is 0.415 e. The van der Waals surface area contributed by atoms with E-state index in [0.717, 1.165) is 38.2 Å². The Morgan fingerprint density at radius 1 is 1.21 bits per heavy atom. The first-order chi connectivity index (χ1) is 11.6. The summed E-state index contributed by atoms with van der Waals surface area (Å²) < 4.78 is 7.28. The van der Waals surface area contributed by atoms with Gasteiger partial charge in [0.05, 0.1) is 6.54 Å². The third kappa shape index (κ3) is 1.97. The van der Waals surface area contributed by atoms with Crippen molar-refractivity contribution in [2.24, 2.45) is 5.92 Å². The van der Waals surface area contributed by atoms with Crippen LogP contribution in [0.5, 0.6) is 0 Å². The Morgan fingerprint density at radius 3 is 2.71 bits per heavy atom. The second kappa shape index (κ2) is 4.96. The summed E-state index contributed by atoms with van der Waals surface area (Å²) in [7, 11) is 0. The second-order valence-corrected chi connectivity index (χ2v) is 8.79. The number of ether oxygens (including phenoxy) is 1. The van der Waals surface area contributed by atoms with Crippen LogP contribution in [0.25, 0.3) is 10.1 Å². The Morgan fingerprint density at radius 2 is 2.00 bits per heavy atom. The van der Waals surface area contributed by atoms with Gasteiger partial charge in [0.25, 0.3) is 0 Å². The van der Waals surface area contributed by atoms with E-state index >= 15 is 0 Å². The first-order valence-electron chi connectivity index (χ1n) is 8.78. The highest BCUT2D eigenvalue weighted by atomic mass is 32.1. The molecule has 0 radical (unpaired) electrons. The van der Waals surface area contributed by atoms with Crippen molar-refractivity contribution in [2.45, 2.75) is 32.3 Å². The van der Waals surface area contributed by atoms with Gasteiger partial charge in [-0.2, -0.15) is 0 Å². The molecule has 2 aromatic rings. The normalized spacial score (nSPS) is 32.1. The van der Waals surface area contributed by atoms with Crippen LogP contribution in [0, 0.1) is 19.8 Å². The van der Waals surface area contributed by atoms with Crippen LogP contribution in [0.2, 0.25) is 0 Å². The topological polar surface area (TPSA) is 32.8 Å². The molecule has 0 unspecified atom stereocenters. The van der Waals surface area contributed by atoms with Crippen molar-refractivity contribution >= 4 is 33.2 Å². The summed E-state index contributed by atoms with van der Waals surface area (Å²) in [6.07, 6.45) is 2.14. The number of aryl methyl sites for hydroxylation is 2. The number of amides is 1. The Kier molecular flexibility index (Phi) is 3.04. The quantitative estimate of drug-likeness (QED) is 0.787. The molecule has 4 aliphatic rings. The van der Waals surface area contributed by atoms with Gasteiger partial charge in [0.15, 0.2) is 0 Å². The predicted octanol–water partition coefficient (Wildman–Crippen LogP) is 3.94. The smallest absolute Gasteiger partial charge is 0.415 e. The molecule has 5 heteroatoms. The van der Waals surface area contributed by atoms with E-state index in [-0.39, 0.29) is 11.7 Å². The van der Waals surface area contributed by atoms with Crippen LogP contribution >= 0.6 is 11.3 Å². The number of carbonyl (C=O) groups excluding carboxylic acids is 1. The van der Waals surface area contributed by atoms with Crippen molar-refractivity contribution in [2.75, 3.05) is 31.1 Å². The van der Waals surface area contributed by atoms with Gasteiger partial charge in [-0.3, -0.25) is 9.80 Å². The molecule has 1 amide bonds. The Labute approximate surface area is 146 Å². The number of anilines is 1. The Hall–Kier alpha value is -1.59. The highest BCUT2D eigenvalue weighted by Gasteiger charge is 2.55. The largest absolute Gasteiger partial charge is 0.439 e. The number of benzene rings is 1. The first-order valence-corrected chi connectivity index (χ1v) is 9.60. The molecule has 0 saturated carbocycles. The molecule has 1 atom stereocenters. The Balaban J connectivity index is 1.51. The van der Waals surface area contributed by atoms with E-state index < -0.39 is 0 Å². The van der Waals surface area contributed by atoms with Crippen LogP contribution < -0.4 is 4.90 Å². The lowest BCUT2D eigenvalue weighted by Crippen LogP contribution is -2.61. The molecule has 5 heterocycles. The van der Waals surface area contributed by atoms with Gasteiger partial charge in [-0.1, -0.05) is 0 Å². The number of hydrogen-bond acceptors (Lipinski definition) is 4. The predicted molar refractivity (Wildman–Crippen MR) is 97.0 cm³/mol. The zero-order valence-electron chi connectivity index (χ0n) is 14.2. The average molecular weight is 342 g/mol. The van der Waals surface area contributed by atoms with Gasteiger partial charge in [-0.25, -0.2) is 4.79 Å². The molecule has 4 aliphatic heterocycles. The second-order valence-electron chi connectivity index (χ2n) is 7.53. The molecular weight excluding hydrogens is 320 g/mol.